The zero-order valence-corrected chi connectivity index (χ0v) is 13.5. The van der Waals surface area contributed by atoms with Crippen LogP contribution in [0.15, 0.2) is 28.2 Å². The number of rotatable bonds is 6. The van der Waals surface area contributed by atoms with Gasteiger partial charge in [0.15, 0.2) is 11.5 Å². The van der Waals surface area contributed by atoms with Crippen molar-refractivity contribution in [2.45, 2.75) is 25.8 Å². The van der Waals surface area contributed by atoms with Crippen molar-refractivity contribution in [1.29, 1.82) is 0 Å². The van der Waals surface area contributed by atoms with E-state index in [1.54, 1.807) is 23.5 Å². The molecule has 6 heteroatoms. The fourth-order valence-corrected chi connectivity index (χ4v) is 3.35. The number of aromatic nitrogens is 1. The summed E-state index contributed by atoms with van der Waals surface area (Å²) in [7, 11) is 0. The van der Waals surface area contributed by atoms with Gasteiger partial charge in [-0.1, -0.05) is 0 Å². The molecular weight excluding hydrogens is 300 g/mol. The van der Waals surface area contributed by atoms with E-state index in [1.807, 2.05) is 6.92 Å². The Kier molecular flexibility index (Phi) is 5.02. The molecule has 0 bridgehead atoms. The van der Waals surface area contributed by atoms with E-state index in [0.29, 0.717) is 18.8 Å². The average Bonchev–Trinajstić information content (AvgIpc) is 3.18. The van der Waals surface area contributed by atoms with Gasteiger partial charge in [0.05, 0.1) is 30.2 Å². The first kappa shape index (κ1) is 15.4. The number of ether oxygens (including phenoxy) is 1. The monoisotopic (exact) mass is 320 g/mol. The van der Waals surface area contributed by atoms with Crippen molar-refractivity contribution >= 4 is 17.1 Å². The molecule has 0 saturated carbocycles. The maximum atomic E-state index is 12.2. The summed E-state index contributed by atoms with van der Waals surface area (Å²) in [6.45, 7) is 5.11. The van der Waals surface area contributed by atoms with Gasteiger partial charge in [0.25, 0.3) is 0 Å². The molecule has 5 nitrogen and oxygen atoms in total. The number of aryl methyl sites for hydroxylation is 1. The number of carbonyl (C=O) groups is 1. The molecule has 0 aliphatic carbocycles. The van der Waals surface area contributed by atoms with Gasteiger partial charge in [0.2, 0.25) is 0 Å². The Bertz CT molecular complexity index is 609. The van der Waals surface area contributed by atoms with E-state index in [2.05, 4.69) is 15.3 Å². The predicted molar refractivity (Wildman–Crippen MR) is 84.4 cm³/mol. The summed E-state index contributed by atoms with van der Waals surface area (Å²) in [6.07, 6.45) is 2.88. The third-order valence-corrected chi connectivity index (χ3v) is 4.71. The lowest BCUT2D eigenvalue weighted by atomic mass is 10.1. The second-order valence-electron chi connectivity index (χ2n) is 5.48. The maximum Gasteiger partial charge on any atom is 0.199 e. The molecule has 0 spiro atoms. The van der Waals surface area contributed by atoms with Gasteiger partial charge < -0.3 is 9.15 Å². The van der Waals surface area contributed by atoms with Crippen molar-refractivity contribution in [1.82, 2.24) is 9.88 Å². The summed E-state index contributed by atoms with van der Waals surface area (Å²) in [6, 6.07) is 3.58. The molecule has 0 unspecified atom stereocenters. The van der Waals surface area contributed by atoms with E-state index in [-0.39, 0.29) is 11.8 Å². The van der Waals surface area contributed by atoms with Crippen LogP contribution in [0.4, 0.5) is 0 Å². The molecule has 1 aliphatic rings. The van der Waals surface area contributed by atoms with Gasteiger partial charge in [-0.05, 0) is 19.1 Å². The minimum atomic E-state index is 0.0370. The zero-order chi connectivity index (χ0) is 15.4. The molecule has 2 aromatic rings. The molecule has 0 aromatic carbocycles. The molecule has 1 aliphatic heterocycles. The van der Waals surface area contributed by atoms with E-state index in [4.69, 9.17) is 9.15 Å². The Balaban J connectivity index is 1.57. The highest BCUT2D eigenvalue weighted by molar-refractivity contribution is 7.09. The fourth-order valence-electron chi connectivity index (χ4n) is 2.70. The normalized spacial score (nSPS) is 19.4. The number of hydrogen-bond donors (Lipinski definition) is 0. The van der Waals surface area contributed by atoms with Crippen LogP contribution in [0.1, 0.15) is 27.7 Å². The van der Waals surface area contributed by atoms with Gasteiger partial charge in [0.1, 0.15) is 0 Å². The quantitative estimate of drug-likeness (QED) is 0.766. The van der Waals surface area contributed by atoms with Crippen LogP contribution < -0.4 is 0 Å². The minimum absolute atomic E-state index is 0.0370. The summed E-state index contributed by atoms with van der Waals surface area (Å²) in [5.74, 6) is 0.468. The number of nitrogens with zero attached hydrogens (tertiary/aromatic N) is 2. The van der Waals surface area contributed by atoms with Crippen molar-refractivity contribution in [2.24, 2.45) is 0 Å². The Morgan fingerprint density at radius 1 is 1.55 bits per heavy atom. The van der Waals surface area contributed by atoms with Crippen molar-refractivity contribution in [3.8, 4) is 0 Å². The van der Waals surface area contributed by atoms with Gasteiger partial charge in [-0.2, -0.15) is 0 Å². The second-order valence-corrected chi connectivity index (χ2v) is 6.54. The molecule has 0 amide bonds. The standard InChI is InChI=1S/C16H20N2O3S/c1-12-17-13(11-22-12)4-5-18-6-8-20-10-14(18)9-15(19)16-3-2-7-21-16/h2-3,7,11,14H,4-6,8-10H2,1H3/t14-/m1/s1. The van der Waals surface area contributed by atoms with Crippen molar-refractivity contribution in [2.75, 3.05) is 26.3 Å². The third kappa shape index (κ3) is 3.82. The molecule has 2 aromatic heterocycles. The molecule has 1 fully saturated rings. The fraction of sp³-hybridized carbons (Fsp3) is 0.500. The highest BCUT2D eigenvalue weighted by Crippen LogP contribution is 2.16. The van der Waals surface area contributed by atoms with Crippen molar-refractivity contribution in [3.05, 3.63) is 40.2 Å². The van der Waals surface area contributed by atoms with Crippen LogP contribution in [0.5, 0.6) is 0 Å². The topological polar surface area (TPSA) is 55.6 Å². The number of carbonyl (C=O) groups excluding carboxylic acids is 1. The van der Waals surface area contributed by atoms with Crippen LogP contribution in [0.25, 0.3) is 0 Å². The van der Waals surface area contributed by atoms with Crippen molar-refractivity contribution in [3.63, 3.8) is 0 Å². The number of Topliss-reactive ketones (excluding diaryl/α,β-unsaturated/α-hetero) is 1. The minimum Gasteiger partial charge on any atom is -0.461 e. The van der Waals surface area contributed by atoms with Crippen LogP contribution in [-0.4, -0.2) is 48.0 Å². The Labute approximate surface area is 133 Å². The third-order valence-electron chi connectivity index (χ3n) is 3.89. The van der Waals surface area contributed by atoms with Crippen LogP contribution in [0.3, 0.4) is 0 Å². The van der Waals surface area contributed by atoms with E-state index < -0.39 is 0 Å². The molecule has 118 valence electrons. The van der Waals surface area contributed by atoms with E-state index in [9.17, 15) is 4.79 Å². The average molecular weight is 320 g/mol. The molecule has 1 atom stereocenters. The number of furan rings is 1. The van der Waals surface area contributed by atoms with Crippen LogP contribution in [0.2, 0.25) is 0 Å². The lowest BCUT2D eigenvalue weighted by molar-refractivity contribution is -0.00829. The van der Waals surface area contributed by atoms with Gasteiger partial charge in [-0.25, -0.2) is 4.98 Å². The van der Waals surface area contributed by atoms with E-state index >= 15 is 0 Å². The summed E-state index contributed by atoms with van der Waals surface area (Å²) in [5.41, 5.74) is 1.13. The number of hydrogen-bond acceptors (Lipinski definition) is 6. The molecule has 3 rings (SSSR count). The Hall–Kier alpha value is -1.50. The summed E-state index contributed by atoms with van der Waals surface area (Å²) in [4.78, 5) is 19.0. The number of ketones is 1. The SMILES string of the molecule is Cc1nc(CCN2CCOC[C@H]2CC(=O)c2ccco2)cs1. The lowest BCUT2D eigenvalue weighted by Crippen LogP contribution is -2.47. The maximum absolute atomic E-state index is 12.2. The first-order chi connectivity index (χ1) is 10.7. The van der Waals surface area contributed by atoms with Gasteiger partial charge >= 0.3 is 0 Å². The van der Waals surface area contributed by atoms with Gasteiger partial charge in [-0.15, -0.1) is 11.3 Å². The van der Waals surface area contributed by atoms with Gasteiger partial charge in [-0.3, -0.25) is 9.69 Å². The largest absolute Gasteiger partial charge is 0.461 e. The highest BCUT2D eigenvalue weighted by Gasteiger charge is 2.26. The molecular formula is C16H20N2O3S. The smallest absolute Gasteiger partial charge is 0.199 e. The highest BCUT2D eigenvalue weighted by atomic mass is 32.1. The number of thiazole rings is 1. The van der Waals surface area contributed by atoms with Crippen LogP contribution in [-0.2, 0) is 11.2 Å². The first-order valence-electron chi connectivity index (χ1n) is 7.52. The van der Waals surface area contributed by atoms with E-state index in [1.165, 1.54) is 6.26 Å². The molecule has 22 heavy (non-hydrogen) atoms. The van der Waals surface area contributed by atoms with Crippen molar-refractivity contribution < 1.29 is 13.9 Å². The van der Waals surface area contributed by atoms with Crippen LogP contribution >= 0.6 is 11.3 Å². The lowest BCUT2D eigenvalue weighted by Gasteiger charge is -2.35. The molecule has 3 heterocycles. The summed E-state index contributed by atoms with van der Waals surface area (Å²) >= 11 is 1.68. The van der Waals surface area contributed by atoms with Gasteiger partial charge in [0, 0.05) is 37.4 Å². The Morgan fingerprint density at radius 3 is 3.18 bits per heavy atom. The molecule has 0 N–H and O–H groups in total. The predicted octanol–water partition coefficient (Wildman–Crippen LogP) is 2.56. The second kappa shape index (κ2) is 7.17. The first-order valence-corrected chi connectivity index (χ1v) is 8.40. The van der Waals surface area contributed by atoms with Crippen LogP contribution in [0, 0.1) is 6.92 Å². The zero-order valence-electron chi connectivity index (χ0n) is 12.7. The summed E-state index contributed by atoms with van der Waals surface area (Å²) < 4.78 is 10.7. The Morgan fingerprint density at radius 2 is 2.45 bits per heavy atom. The summed E-state index contributed by atoms with van der Waals surface area (Å²) in [5, 5.41) is 3.21. The molecule has 0 radical (unpaired) electrons. The van der Waals surface area contributed by atoms with E-state index in [0.717, 1.165) is 36.8 Å². The molecule has 1 saturated heterocycles. The number of morpholine rings is 1.